The quantitative estimate of drug-likeness (QED) is 0.812. The van der Waals surface area contributed by atoms with Crippen LogP contribution in [0.15, 0.2) is 18.2 Å². The molecule has 0 aromatic heterocycles. The summed E-state index contributed by atoms with van der Waals surface area (Å²) in [5.74, 6) is -0.689. The fourth-order valence-corrected chi connectivity index (χ4v) is 2.01. The van der Waals surface area contributed by atoms with Crippen LogP contribution < -0.4 is 10.6 Å². The zero-order chi connectivity index (χ0) is 16.0. The number of unbranched alkanes of at least 4 members (excludes halogenated alkanes) is 1. The number of aliphatic hydroxyl groups excluding tert-OH is 1. The molecule has 1 aromatic rings. The SMILES string of the molecule is CCCCN(CC(N)=O)c1ccc(CO)cc1C(F)(F)F. The molecule has 4 nitrogen and oxygen atoms in total. The van der Waals surface area contributed by atoms with Crippen LogP contribution in [-0.2, 0) is 17.6 Å². The van der Waals surface area contributed by atoms with Crippen LogP contribution in [0.2, 0.25) is 0 Å². The third-order valence-electron chi connectivity index (χ3n) is 3.02. The maximum Gasteiger partial charge on any atom is 0.418 e. The van der Waals surface area contributed by atoms with Gasteiger partial charge in [-0.05, 0) is 24.1 Å². The van der Waals surface area contributed by atoms with Gasteiger partial charge < -0.3 is 15.7 Å². The molecule has 0 atom stereocenters. The lowest BCUT2D eigenvalue weighted by Crippen LogP contribution is -2.35. The summed E-state index contributed by atoms with van der Waals surface area (Å²) in [5, 5.41) is 8.99. The number of carbonyl (C=O) groups is 1. The standard InChI is InChI=1S/C14H19F3N2O2/c1-2-3-6-19(8-13(18)21)12-5-4-10(9-20)7-11(12)14(15,16)17/h4-5,7,20H,2-3,6,8-9H2,1H3,(H2,18,21). The van der Waals surface area contributed by atoms with E-state index >= 15 is 0 Å². The van der Waals surface area contributed by atoms with Crippen LogP contribution in [0.25, 0.3) is 0 Å². The van der Waals surface area contributed by atoms with Gasteiger partial charge >= 0.3 is 6.18 Å². The van der Waals surface area contributed by atoms with Gasteiger partial charge in [0.2, 0.25) is 5.91 Å². The van der Waals surface area contributed by atoms with E-state index in [-0.39, 0.29) is 17.8 Å². The van der Waals surface area contributed by atoms with E-state index in [1.165, 1.54) is 17.0 Å². The summed E-state index contributed by atoms with van der Waals surface area (Å²) >= 11 is 0. The summed E-state index contributed by atoms with van der Waals surface area (Å²) in [5.41, 5.74) is 4.32. The second-order valence-electron chi connectivity index (χ2n) is 4.75. The molecule has 0 unspecified atom stereocenters. The maximum atomic E-state index is 13.2. The maximum absolute atomic E-state index is 13.2. The van der Waals surface area contributed by atoms with Crippen molar-refractivity contribution < 1.29 is 23.1 Å². The largest absolute Gasteiger partial charge is 0.418 e. The van der Waals surface area contributed by atoms with Crippen molar-refractivity contribution in [3.05, 3.63) is 29.3 Å². The molecule has 0 saturated heterocycles. The summed E-state index contributed by atoms with van der Waals surface area (Å²) < 4.78 is 39.5. The van der Waals surface area contributed by atoms with Gasteiger partial charge in [-0.25, -0.2) is 0 Å². The molecule has 7 heteroatoms. The molecule has 118 valence electrons. The Morgan fingerprint density at radius 3 is 2.52 bits per heavy atom. The summed E-state index contributed by atoms with van der Waals surface area (Å²) in [6.07, 6.45) is -3.14. The van der Waals surface area contributed by atoms with E-state index in [1.54, 1.807) is 0 Å². The molecule has 21 heavy (non-hydrogen) atoms. The highest BCUT2D eigenvalue weighted by Gasteiger charge is 2.35. The summed E-state index contributed by atoms with van der Waals surface area (Å²) in [7, 11) is 0. The third kappa shape index (κ3) is 4.93. The first-order valence-corrected chi connectivity index (χ1v) is 6.63. The lowest BCUT2D eigenvalue weighted by Gasteiger charge is -2.27. The number of nitrogens with two attached hydrogens (primary N) is 1. The fourth-order valence-electron chi connectivity index (χ4n) is 2.01. The van der Waals surface area contributed by atoms with Crippen molar-refractivity contribution >= 4 is 11.6 Å². The van der Waals surface area contributed by atoms with Gasteiger partial charge in [0.1, 0.15) is 0 Å². The fraction of sp³-hybridized carbons (Fsp3) is 0.500. The first-order chi connectivity index (χ1) is 9.79. The molecule has 0 fully saturated rings. The van der Waals surface area contributed by atoms with Crippen molar-refractivity contribution in [2.24, 2.45) is 5.73 Å². The minimum atomic E-state index is -4.57. The average Bonchev–Trinajstić information content (AvgIpc) is 2.41. The van der Waals surface area contributed by atoms with E-state index in [0.29, 0.717) is 13.0 Å². The van der Waals surface area contributed by atoms with Crippen LogP contribution in [0.1, 0.15) is 30.9 Å². The monoisotopic (exact) mass is 304 g/mol. The van der Waals surface area contributed by atoms with Gasteiger partial charge in [0.25, 0.3) is 0 Å². The number of halogens is 3. The minimum Gasteiger partial charge on any atom is -0.392 e. The number of carbonyl (C=O) groups excluding carboxylic acids is 1. The number of aliphatic hydroxyl groups is 1. The highest BCUT2D eigenvalue weighted by molar-refractivity contribution is 5.80. The van der Waals surface area contributed by atoms with Crippen LogP contribution >= 0.6 is 0 Å². The highest BCUT2D eigenvalue weighted by atomic mass is 19.4. The van der Waals surface area contributed by atoms with Gasteiger partial charge in [0, 0.05) is 12.2 Å². The van der Waals surface area contributed by atoms with Gasteiger partial charge in [-0.1, -0.05) is 19.4 Å². The summed E-state index contributed by atoms with van der Waals surface area (Å²) in [6, 6.07) is 3.58. The molecule has 0 aliphatic heterocycles. The summed E-state index contributed by atoms with van der Waals surface area (Å²) in [4.78, 5) is 12.4. The van der Waals surface area contributed by atoms with Crippen molar-refractivity contribution in [3.63, 3.8) is 0 Å². The minimum absolute atomic E-state index is 0.0908. The first kappa shape index (κ1) is 17.3. The Bertz CT molecular complexity index is 490. The van der Waals surface area contributed by atoms with Gasteiger partial charge in [0.15, 0.2) is 0 Å². The molecule has 0 aliphatic carbocycles. The Morgan fingerprint density at radius 2 is 2.05 bits per heavy atom. The van der Waals surface area contributed by atoms with E-state index in [4.69, 9.17) is 10.8 Å². The summed E-state index contributed by atoms with van der Waals surface area (Å²) in [6.45, 7) is 1.46. The predicted octanol–water partition coefficient (Wildman–Crippen LogP) is 2.29. The smallest absolute Gasteiger partial charge is 0.392 e. The van der Waals surface area contributed by atoms with Gasteiger partial charge in [-0.3, -0.25) is 4.79 Å². The van der Waals surface area contributed by atoms with Crippen molar-refractivity contribution in [1.29, 1.82) is 0 Å². The Kier molecular flexibility index (Phi) is 6.02. The number of anilines is 1. The van der Waals surface area contributed by atoms with Crippen LogP contribution in [0, 0.1) is 0 Å². The number of rotatable bonds is 7. The molecular weight excluding hydrogens is 285 g/mol. The Hall–Kier alpha value is -1.76. The van der Waals surface area contributed by atoms with Crippen molar-refractivity contribution in [2.75, 3.05) is 18.0 Å². The molecule has 0 spiro atoms. The van der Waals surface area contributed by atoms with Gasteiger partial charge in [-0.2, -0.15) is 13.2 Å². The number of hydrogen-bond donors (Lipinski definition) is 2. The Labute approximate surface area is 121 Å². The topological polar surface area (TPSA) is 66.6 Å². The number of amides is 1. The van der Waals surface area contributed by atoms with E-state index in [9.17, 15) is 18.0 Å². The lowest BCUT2D eigenvalue weighted by atomic mass is 10.1. The molecule has 0 saturated carbocycles. The number of benzene rings is 1. The zero-order valence-electron chi connectivity index (χ0n) is 11.8. The average molecular weight is 304 g/mol. The van der Waals surface area contributed by atoms with Gasteiger partial charge in [0.05, 0.1) is 18.7 Å². The molecule has 0 radical (unpaired) electrons. The van der Waals surface area contributed by atoms with Gasteiger partial charge in [-0.15, -0.1) is 0 Å². The highest BCUT2D eigenvalue weighted by Crippen LogP contribution is 2.37. The van der Waals surface area contributed by atoms with E-state index in [2.05, 4.69) is 0 Å². The third-order valence-corrected chi connectivity index (χ3v) is 3.02. The second kappa shape index (κ2) is 7.31. The molecule has 0 aliphatic rings. The number of hydrogen-bond acceptors (Lipinski definition) is 3. The van der Waals surface area contributed by atoms with E-state index < -0.39 is 24.3 Å². The molecular formula is C14H19F3N2O2. The van der Waals surface area contributed by atoms with Crippen LogP contribution in [0.5, 0.6) is 0 Å². The number of primary amides is 1. The molecule has 1 aromatic carbocycles. The van der Waals surface area contributed by atoms with Crippen molar-refractivity contribution in [1.82, 2.24) is 0 Å². The Balaban J connectivity index is 3.24. The van der Waals surface area contributed by atoms with E-state index in [0.717, 1.165) is 12.5 Å². The molecule has 0 bridgehead atoms. The first-order valence-electron chi connectivity index (χ1n) is 6.63. The van der Waals surface area contributed by atoms with E-state index in [1.807, 2.05) is 6.92 Å². The van der Waals surface area contributed by atoms with Crippen LogP contribution in [0.4, 0.5) is 18.9 Å². The normalized spacial score (nSPS) is 11.5. The van der Waals surface area contributed by atoms with Crippen molar-refractivity contribution in [2.45, 2.75) is 32.5 Å². The predicted molar refractivity (Wildman–Crippen MR) is 73.7 cm³/mol. The number of alkyl halides is 3. The molecule has 1 rings (SSSR count). The molecule has 3 N–H and O–H groups in total. The molecule has 1 amide bonds. The lowest BCUT2D eigenvalue weighted by molar-refractivity contribution is -0.137. The zero-order valence-corrected chi connectivity index (χ0v) is 11.8. The van der Waals surface area contributed by atoms with Crippen molar-refractivity contribution in [3.8, 4) is 0 Å². The molecule has 0 heterocycles. The second-order valence-corrected chi connectivity index (χ2v) is 4.75. The Morgan fingerprint density at radius 1 is 1.38 bits per heavy atom. The number of nitrogens with zero attached hydrogens (tertiary/aromatic N) is 1. The van der Waals surface area contributed by atoms with Crippen LogP contribution in [0.3, 0.4) is 0 Å². The van der Waals surface area contributed by atoms with Crippen LogP contribution in [-0.4, -0.2) is 24.1 Å².